The van der Waals surface area contributed by atoms with Crippen LogP contribution in [0.3, 0.4) is 0 Å². The molecule has 0 aliphatic carbocycles. The van der Waals surface area contributed by atoms with Crippen molar-refractivity contribution in [3.8, 4) is 10.6 Å². The van der Waals surface area contributed by atoms with E-state index in [1.807, 2.05) is 0 Å². The van der Waals surface area contributed by atoms with Crippen LogP contribution < -0.4 is 0 Å². The summed E-state index contributed by atoms with van der Waals surface area (Å²) >= 11 is 1.77. The molecule has 0 radical (unpaired) electrons. The molecule has 0 N–H and O–H groups in total. The van der Waals surface area contributed by atoms with Crippen LogP contribution in [0.5, 0.6) is 0 Å². The monoisotopic (exact) mass is 395 g/mol. The molecule has 0 atom stereocenters. The molecule has 1 aromatic heterocycles. The van der Waals surface area contributed by atoms with E-state index in [0.717, 1.165) is 16.7 Å². The maximum absolute atomic E-state index is 4.65. The fourth-order valence-electron chi connectivity index (χ4n) is 3.58. The number of hydrogen-bond donors (Lipinski definition) is 0. The first-order chi connectivity index (χ1) is 13.5. The average Bonchev–Trinajstić information content (AvgIpc) is 2.88. The summed E-state index contributed by atoms with van der Waals surface area (Å²) in [5, 5.41) is 3.68. The Hall–Kier alpha value is -1.75. The normalized spacial score (nSPS) is 16.1. The first-order valence-electron chi connectivity index (χ1n) is 10.3. The minimum atomic E-state index is 0.724. The van der Waals surface area contributed by atoms with Gasteiger partial charge in [-0.25, -0.2) is 4.98 Å². The van der Waals surface area contributed by atoms with Crippen molar-refractivity contribution in [3.05, 3.63) is 53.0 Å². The third kappa shape index (κ3) is 5.19. The molecule has 150 valence electrons. The standard InChI is InChI=1S/C15H13NS.C9H20N2/c1-10-11(2)17-15(16-10)14-9-5-7-12-6-3-4-8-13(12)14;1-9(2)11-6-4-5-10(3)7-8-11/h3-9H,1-2H3;9H,4-8H2,1-3H3. The molecule has 2 heterocycles. The third-order valence-corrected chi connectivity index (χ3v) is 6.64. The summed E-state index contributed by atoms with van der Waals surface area (Å²) in [4.78, 5) is 10.9. The van der Waals surface area contributed by atoms with Crippen LogP contribution >= 0.6 is 11.3 Å². The number of thiazole rings is 1. The highest BCUT2D eigenvalue weighted by Gasteiger charge is 2.13. The Labute approximate surface area is 174 Å². The maximum atomic E-state index is 4.65. The zero-order valence-corrected chi connectivity index (χ0v) is 18.7. The van der Waals surface area contributed by atoms with E-state index in [9.17, 15) is 0 Å². The molecule has 0 amide bonds. The van der Waals surface area contributed by atoms with Gasteiger partial charge in [0, 0.05) is 29.6 Å². The summed E-state index contributed by atoms with van der Waals surface area (Å²) in [6.07, 6.45) is 1.33. The highest BCUT2D eigenvalue weighted by molar-refractivity contribution is 7.15. The van der Waals surface area contributed by atoms with Gasteiger partial charge in [-0.05, 0) is 65.0 Å². The van der Waals surface area contributed by atoms with Crippen molar-refractivity contribution in [2.24, 2.45) is 0 Å². The largest absolute Gasteiger partial charge is 0.305 e. The summed E-state index contributed by atoms with van der Waals surface area (Å²) in [5.41, 5.74) is 2.38. The van der Waals surface area contributed by atoms with Crippen molar-refractivity contribution >= 4 is 22.1 Å². The van der Waals surface area contributed by atoms with E-state index in [1.54, 1.807) is 11.3 Å². The highest BCUT2D eigenvalue weighted by Crippen LogP contribution is 2.32. The van der Waals surface area contributed by atoms with Gasteiger partial charge >= 0.3 is 0 Å². The molecule has 0 bridgehead atoms. The van der Waals surface area contributed by atoms with Gasteiger partial charge in [-0.2, -0.15) is 0 Å². The molecule has 0 unspecified atom stereocenters. The molecule has 1 aliphatic heterocycles. The van der Waals surface area contributed by atoms with E-state index < -0.39 is 0 Å². The van der Waals surface area contributed by atoms with Crippen LogP contribution in [0.25, 0.3) is 21.3 Å². The molecule has 3 aromatic rings. The Balaban J connectivity index is 0.000000178. The number of aromatic nitrogens is 1. The SMILES string of the molecule is CC(C)N1CCCN(C)CC1.Cc1nc(-c2cccc3ccccc23)sc1C. The number of fused-ring (bicyclic) bond motifs is 1. The molecule has 28 heavy (non-hydrogen) atoms. The van der Waals surface area contributed by atoms with Crippen molar-refractivity contribution < 1.29 is 0 Å². The summed E-state index contributed by atoms with van der Waals surface area (Å²) in [5.74, 6) is 0. The predicted octanol–water partition coefficient (Wildman–Crippen LogP) is 5.61. The van der Waals surface area contributed by atoms with Crippen LogP contribution in [0.1, 0.15) is 30.8 Å². The number of likely N-dealkylation sites (N-methyl/N-ethyl adjacent to an activating group) is 1. The molecule has 1 fully saturated rings. The lowest BCUT2D eigenvalue weighted by Gasteiger charge is -2.23. The van der Waals surface area contributed by atoms with E-state index in [0.29, 0.717) is 0 Å². The second kappa shape index (κ2) is 9.64. The van der Waals surface area contributed by atoms with Crippen molar-refractivity contribution in [2.75, 3.05) is 33.2 Å². The number of rotatable bonds is 2. The van der Waals surface area contributed by atoms with E-state index in [4.69, 9.17) is 0 Å². The lowest BCUT2D eigenvalue weighted by Crippen LogP contribution is -2.34. The Bertz CT molecular complexity index is 875. The van der Waals surface area contributed by atoms with E-state index in [1.165, 1.54) is 53.8 Å². The number of aryl methyl sites for hydroxylation is 2. The highest BCUT2D eigenvalue weighted by atomic mass is 32.1. The Morgan fingerprint density at radius 1 is 0.929 bits per heavy atom. The van der Waals surface area contributed by atoms with Crippen LogP contribution in [0.15, 0.2) is 42.5 Å². The van der Waals surface area contributed by atoms with E-state index in [2.05, 4.69) is 92.0 Å². The second-order valence-electron chi connectivity index (χ2n) is 7.97. The average molecular weight is 396 g/mol. The topological polar surface area (TPSA) is 19.4 Å². The van der Waals surface area contributed by atoms with Gasteiger partial charge in [-0.15, -0.1) is 11.3 Å². The van der Waals surface area contributed by atoms with Gasteiger partial charge in [0.2, 0.25) is 0 Å². The minimum absolute atomic E-state index is 0.724. The van der Waals surface area contributed by atoms with Crippen LogP contribution in [0.2, 0.25) is 0 Å². The van der Waals surface area contributed by atoms with Gasteiger partial charge in [0.25, 0.3) is 0 Å². The van der Waals surface area contributed by atoms with Gasteiger partial charge in [0.05, 0.1) is 5.69 Å². The molecule has 0 saturated carbocycles. The molecule has 0 spiro atoms. The maximum Gasteiger partial charge on any atom is 0.124 e. The summed E-state index contributed by atoms with van der Waals surface area (Å²) in [6.45, 7) is 13.8. The second-order valence-corrected chi connectivity index (χ2v) is 9.18. The lowest BCUT2D eigenvalue weighted by molar-refractivity contribution is 0.228. The quantitative estimate of drug-likeness (QED) is 0.562. The van der Waals surface area contributed by atoms with E-state index in [-0.39, 0.29) is 0 Å². The molecule has 1 aliphatic rings. The van der Waals surface area contributed by atoms with Gasteiger partial charge in [-0.3, -0.25) is 4.90 Å². The fourth-order valence-corrected chi connectivity index (χ4v) is 4.54. The van der Waals surface area contributed by atoms with Crippen LogP contribution in [-0.4, -0.2) is 54.1 Å². The molecular weight excluding hydrogens is 362 g/mol. The van der Waals surface area contributed by atoms with Crippen molar-refractivity contribution in [1.82, 2.24) is 14.8 Å². The van der Waals surface area contributed by atoms with Crippen LogP contribution in [-0.2, 0) is 0 Å². The number of hydrogen-bond acceptors (Lipinski definition) is 4. The first kappa shape index (κ1) is 21.0. The van der Waals surface area contributed by atoms with Crippen molar-refractivity contribution in [2.45, 2.75) is 40.2 Å². The molecule has 3 nitrogen and oxygen atoms in total. The predicted molar refractivity (Wildman–Crippen MR) is 123 cm³/mol. The van der Waals surface area contributed by atoms with Crippen molar-refractivity contribution in [3.63, 3.8) is 0 Å². The summed E-state index contributed by atoms with van der Waals surface area (Å²) in [6, 6.07) is 15.6. The zero-order chi connectivity index (χ0) is 20.1. The summed E-state index contributed by atoms with van der Waals surface area (Å²) in [7, 11) is 2.21. The Kier molecular flexibility index (Phi) is 7.22. The van der Waals surface area contributed by atoms with Crippen LogP contribution in [0.4, 0.5) is 0 Å². The minimum Gasteiger partial charge on any atom is -0.305 e. The number of nitrogens with zero attached hydrogens (tertiary/aromatic N) is 3. The molecule has 2 aromatic carbocycles. The smallest absolute Gasteiger partial charge is 0.124 e. The molecular formula is C24H33N3S. The molecule has 4 heteroatoms. The molecule has 1 saturated heterocycles. The third-order valence-electron chi connectivity index (χ3n) is 5.53. The zero-order valence-electron chi connectivity index (χ0n) is 17.9. The van der Waals surface area contributed by atoms with Gasteiger partial charge in [0.15, 0.2) is 0 Å². The first-order valence-corrected chi connectivity index (χ1v) is 11.1. The fraction of sp³-hybridized carbons (Fsp3) is 0.458. The van der Waals surface area contributed by atoms with Gasteiger partial charge in [-0.1, -0.05) is 42.5 Å². The van der Waals surface area contributed by atoms with Gasteiger partial charge < -0.3 is 4.90 Å². The number of benzene rings is 2. The Morgan fingerprint density at radius 2 is 1.68 bits per heavy atom. The Morgan fingerprint density at radius 3 is 2.39 bits per heavy atom. The van der Waals surface area contributed by atoms with Gasteiger partial charge in [0.1, 0.15) is 5.01 Å². The van der Waals surface area contributed by atoms with E-state index >= 15 is 0 Å². The summed E-state index contributed by atoms with van der Waals surface area (Å²) < 4.78 is 0. The molecule has 4 rings (SSSR count). The lowest BCUT2D eigenvalue weighted by atomic mass is 10.1. The van der Waals surface area contributed by atoms with Crippen molar-refractivity contribution in [1.29, 1.82) is 0 Å². The van der Waals surface area contributed by atoms with Crippen LogP contribution in [0, 0.1) is 13.8 Å².